The average Bonchev–Trinajstić information content (AvgIpc) is 2.34. The lowest BCUT2D eigenvalue weighted by atomic mass is 10.3. The Morgan fingerprint density at radius 3 is 2.61 bits per heavy atom. The molecule has 0 unspecified atom stereocenters. The number of amides is 2. The Balaban J connectivity index is 2.58. The van der Waals surface area contributed by atoms with Crippen molar-refractivity contribution in [1.82, 2.24) is 5.32 Å². The Morgan fingerprint density at radius 2 is 1.94 bits per heavy atom. The van der Waals surface area contributed by atoms with Gasteiger partial charge in [-0.2, -0.15) is 0 Å². The number of halogens is 2. The van der Waals surface area contributed by atoms with Crippen molar-refractivity contribution in [3.05, 3.63) is 29.8 Å². The molecule has 0 aliphatic rings. The molecule has 0 saturated heterocycles. The SMILES string of the molecule is O=C(NCCCO)C(=O)Nc1cc(F)ccc1F. The molecule has 2 amide bonds. The summed E-state index contributed by atoms with van der Waals surface area (Å²) in [5.41, 5.74) is -0.405. The monoisotopic (exact) mass is 258 g/mol. The van der Waals surface area contributed by atoms with Gasteiger partial charge in [-0.1, -0.05) is 0 Å². The molecule has 3 N–H and O–H groups in total. The summed E-state index contributed by atoms with van der Waals surface area (Å²) in [7, 11) is 0. The lowest BCUT2D eigenvalue weighted by Crippen LogP contribution is -2.36. The molecule has 0 aliphatic heterocycles. The number of hydrogen-bond acceptors (Lipinski definition) is 3. The summed E-state index contributed by atoms with van der Waals surface area (Å²) in [5.74, 6) is -3.65. The van der Waals surface area contributed by atoms with Crippen LogP contribution in [-0.4, -0.2) is 30.1 Å². The molecule has 5 nitrogen and oxygen atoms in total. The number of aliphatic hydroxyl groups is 1. The van der Waals surface area contributed by atoms with Crippen LogP contribution in [0.5, 0.6) is 0 Å². The highest BCUT2D eigenvalue weighted by Crippen LogP contribution is 2.14. The van der Waals surface area contributed by atoms with E-state index in [1.807, 2.05) is 5.32 Å². The molecule has 1 aromatic carbocycles. The van der Waals surface area contributed by atoms with E-state index in [4.69, 9.17) is 5.11 Å². The number of benzene rings is 1. The van der Waals surface area contributed by atoms with Gasteiger partial charge in [-0.15, -0.1) is 0 Å². The molecular weight excluding hydrogens is 246 g/mol. The van der Waals surface area contributed by atoms with Crippen molar-refractivity contribution in [2.45, 2.75) is 6.42 Å². The largest absolute Gasteiger partial charge is 0.396 e. The Hall–Kier alpha value is -2.02. The third-order valence-electron chi connectivity index (χ3n) is 2.00. The molecule has 0 spiro atoms. The zero-order valence-electron chi connectivity index (χ0n) is 9.37. The molecule has 1 rings (SSSR count). The van der Waals surface area contributed by atoms with Gasteiger partial charge in [-0.25, -0.2) is 8.78 Å². The molecule has 0 heterocycles. The molecule has 1 aromatic rings. The summed E-state index contributed by atoms with van der Waals surface area (Å²) < 4.78 is 26.0. The summed E-state index contributed by atoms with van der Waals surface area (Å²) in [4.78, 5) is 22.5. The van der Waals surface area contributed by atoms with Gasteiger partial charge < -0.3 is 15.7 Å². The van der Waals surface area contributed by atoms with Crippen molar-refractivity contribution < 1.29 is 23.5 Å². The van der Waals surface area contributed by atoms with Crippen LogP contribution in [0, 0.1) is 11.6 Å². The number of carbonyl (C=O) groups is 2. The molecule has 0 fully saturated rings. The van der Waals surface area contributed by atoms with Gasteiger partial charge in [0.15, 0.2) is 0 Å². The third-order valence-corrected chi connectivity index (χ3v) is 2.00. The van der Waals surface area contributed by atoms with Gasteiger partial charge in [0, 0.05) is 19.2 Å². The number of aliphatic hydroxyl groups excluding tert-OH is 1. The van der Waals surface area contributed by atoms with Crippen molar-refractivity contribution in [2.24, 2.45) is 0 Å². The maximum absolute atomic E-state index is 13.2. The number of anilines is 1. The minimum atomic E-state index is -1.10. The number of rotatable bonds is 4. The van der Waals surface area contributed by atoms with Gasteiger partial charge in [-0.3, -0.25) is 9.59 Å². The van der Waals surface area contributed by atoms with Gasteiger partial charge in [0.2, 0.25) is 0 Å². The molecule has 0 atom stereocenters. The van der Waals surface area contributed by atoms with Crippen LogP contribution in [0.25, 0.3) is 0 Å². The number of carbonyl (C=O) groups excluding carboxylic acids is 2. The first-order valence-corrected chi connectivity index (χ1v) is 5.19. The standard InChI is InChI=1S/C11H12F2N2O3/c12-7-2-3-8(13)9(6-7)15-11(18)10(17)14-4-1-5-16/h2-3,6,16H,1,4-5H2,(H,14,17)(H,15,18). The van der Waals surface area contributed by atoms with E-state index >= 15 is 0 Å². The molecule has 18 heavy (non-hydrogen) atoms. The van der Waals surface area contributed by atoms with Gasteiger partial charge in [0.25, 0.3) is 0 Å². The van der Waals surface area contributed by atoms with Crippen LogP contribution in [0.3, 0.4) is 0 Å². The first-order valence-electron chi connectivity index (χ1n) is 5.19. The van der Waals surface area contributed by atoms with Gasteiger partial charge in [0.05, 0.1) is 5.69 Å². The normalized spacial score (nSPS) is 9.94. The number of nitrogens with one attached hydrogen (secondary N) is 2. The van der Waals surface area contributed by atoms with Crippen molar-refractivity contribution in [2.75, 3.05) is 18.5 Å². The molecule has 7 heteroatoms. The van der Waals surface area contributed by atoms with Crippen molar-refractivity contribution in [1.29, 1.82) is 0 Å². The summed E-state index contributed by atoms with van der Waals surface area (Å²) in [6, 6.07) is 2.51. The van der Waals surface area contributed by atoms with E-state index in [0.717, 1.165) is 18.2 Å². The molecule has 98 valence electrons. The molecule has 0 aliphatic carbocycles. The summed E-state index contributed by atoms with van der Waals surface area (Å²) in [5, 5.41) is 12.6. The van der Waals surface area contributed by atoms with Gasteiger partial charge in [-0.05, 0) is 18.6 Å². The van der Waals surface area contributed by atoms with Crippen LogP contribution < -0.4 is 10.6 Å². The quantitative estimate of drug-likeness (QED) is 0.540. The Morgan fingerprint density at radius 1 is 1.22 bits per heavy atom. The first kappa shape index (κ1) is 14.0. The predicted octanol–water partition coefficient (Wildman–Crippen LogP) is 0.402. The van der Waals surface area contributed by atoms with E-state index in [0.29, 0.717) is 6.42 Å². The van der Waals surface area contributed by atoms with E-state index in [2.05, 4.69) is 5.32 Å². The van der Waals surface area contributed by atoms with Crippen molar-refractivity contribution in [3.63, 3.8) is 0 Å². The molecule has 0 bridgehead atoms. The average molecular weight is 258 g/mol. The van der Waals surface area contributed by atoms with Crippen LogP contribution in [0.2, 0.25) is 0 Å². The highest BCUT2D eigenvalue weighted by Gasteiger charge is 2.15. The fourth-order valence-electron chi connectivity index (χ4n) is 1.13. The Bertz CT molecular complexity index is 452. The minimum absolute atomic E-state index is 0.119. The van der Waals surface area contributed by atoms with E-state index in [1.165, 1.54) is 0 Å². The van der Waals surface area contributed by atoms with E-state index in [9.17, 15) is 18.4 Å². The highest BCUT2D eigenvalue weighted by molar-refractivity contribution is 6.39. The number of hydrogen-bond donors (Lipinski definition) is 3. The second kappa shape index (κ2) is 6.65. The van der Waals surface area contributed by atoms with Crippen LogP contribution >= 0.6 is 0 Å². The molecule has 0 radical (unpaired) electrons. The zero-order valence-corrected chi connectivity index (χ0v) is 9.37. The highest BCUT2D eigenvalue weighted by atomic mass is 19.1. The predicted molar refractivity (Wildman–Crippen MR) is 59.7 cm³/mol. The summed E-state index contributed by atoms with van der Waals surface area (Å²) in [6.07, 6.45) is 0.299. The molecule has 0 saturated carbocycles. The minimum Gasteiger partial charge on any atom is -0.396 e. The van der Waals surface area contributed by atoms with Crippen LogP contribution in [0.1, 0.15) is 6.42 Å². The fourth-order valence-corrected chi connectivity index (χ4v) is 1.13. The van der Waals surface area contributed by atoms with Crippen molar-refractivity contribution in [3.8, 4) is 0 Å². The Kier molecular flexibility index (Phi) is 5.19. The first-order chi connectivity index (χ1) is 8.54. The van der Waals surface area contributed by atoms with E-state index < -0.39 is 29.1 Å². The zero-order chi connectivity index (χ0) is 13.5. The topological polar surface area (TPSA) is 78.4 Å². The second-order valence-corrected chi connectivity index (χ2v) is 3.41. The summed E-state index contributed by atoms with van der Waals surface area (Å²) in [6.45, 7) is -0.00515. The maximum Gasteiger partial charge on any atom is 0.313 e. The third kappa shape index (κ3) is 4.10. The van der Waals surface area contributed by atoms with Crippen LogP contribution in [0.4, 0.5) is 14.5 Å². The van der Waals surface area contributed by atoms with E-state index in [1.54, 1.807) is 0 Å². The van der Waals surface area contributed by atoms with Gasteiger partial charge in [0.1, 0.15) is 11.6 Å². The fraction of sp³-hybridized carbons (Fsp3) is 0.273. The molecule has 0 aromatic heterocycles. The second-order valence-electron chi connectivity index (χ2n) is 3.41. The smallest absolute Gasteiger partial charge is 0.313 e. The molecular formula is C11H12F2N2O3. The lowest BCUT2D eigenvalue weighted by molar-refractivity contribution is -0.136. The van der Waals surface area contributed by atoms with E-state index in [-0.39, 0.29) is 13.2 Å². The summed E-state index contributed by atoms with van der Waals surface area (Å²) >= 11 is 0. The Labute approximate surface area is 102 Å². The van der Waals surface area contributed by atoms with Gasteiger partial charge >= 0.3 is 11.8 Å². The van der Waals surface area contributed by atoms with Crippen molar-refractivity contribution >= 4 is 17.5 Å². The lowest BCUT2D eigenvalue weighted by Gasteiger charge is -2.06. The van der Waals surface area contributed by atoms with Crippen LogP contribution in [-0.2, 0) is 9.59 Å². The maximum atomic E-state index is 13.2. The van der Waals surface area contributed by atoms with Crippen LogP contribution in [0.15, 0.2) is 18.2 Å².